The van der Waals surface area contributed by atoms with Crippen LogP contribution in [0.3, 0.4) is 0 Å². The smallest absolute Gasteiger partial charge is 0.137 e. The van der Waals surface area contributed by atoms with Crippen molar-refractivity contribution < 1.29 is 9.47 Å². The van der Waals surface area contributed by atoms with Gasteiger partial charge in [0.1, 0.15) is 11.5 Å². The lowest BCUT2D eigenvalue weighted by Gasteiger charge is -2.12. The molecule has 4 heteroatoms. The predicted octanol–water partition coefficient (Wildman–Crippen LogP) is 3.54. The quantitative estimate of drug-likeness (QED) is 0.832. The maximum absolute atomic E-state index is 5.22. The molecule has 13 heavy (non-hydrogen) atoms. The predicted molar refractivity (Wildman–Crippen MR) is 59.7 cm³/mol. The van der Waals surface area contributed by atoms with Crippen LogP contribution < -0.4 is 9.47 Å². The van der Waals surface area contributed by atoms with Gasteiger partial charge < -0.3 is 9.47 Å². The van der Waals surface area contributed by atoms with E-state index in [0.29, 0.717) is 0 Å². The molecule has 1 aromatic carbocycles. The molecule has 0 unspecified atom stereocenters. The lowest BCUT2D eigenvalue weighted by Crippen LogP contribution is -1.92. The third-order valence-electron chi connectivity index (χ3n) is 1.74. The van der Waals surface area contributed by atoms with E-state index in [-0.39, 0.29) is 0 Å². The van der Waals surface area contributed by atoms with E-state index < -0.39 is 0 Å². The van der Waals surface area contributed by atoms with Gasteiger partial charge in [0.15, 0.2) is 0 Å². The van der Waals surface area contributed by atoms with Crippen LogP contribution in [0, 0.1) is 6.92 Å². The molecule has 0 N–H and O–H groups in total. The Morgan fingerprint density at radius 2 is 1.69 bits per heavy atom. The summed E-state index contributed by atoms with van der Waals surface area (Å²) in [6.07, 6.45) is 0. The summed E-state index contributed by atoms with van der Waals surface area (Å²) in [5.41, 5.74) is 1.04. The van der Waals surface area contributed by atoms with Crippen molar-refractivity contribution in [2.75, 3.05) is 14.2 Å². The summed E-state index contributed by atoms with van der Waals surface area (Å²) in [7, 11) is 3.28. The second-order valence-corrected chi connectivity index (χ2v) is 4.14. The Morgan fingerprint density at radius 3 is 2.15 bits per heavy atom. The highest BCUT2D eigenvalue weighted by atomic mass is 79.9. The van der Waals surface area contributed by atoms with Gasteiger partial charge in [0.2, 0.25) is 0 Å². The normalized spacial score (nSPS) is 9.92. The van der Waals surface area contributed by atoms with Crippen LogP contribution in [0.15, 0.2) is 15.0 Å². The molecule has 0 aliphatic heterocycles. The molecule has 1 aromatic rings. The zero-order valence-corrected chi connectivity index (χ0v) is 10.8. The Hall–Kier alpha value is -0.220. The molecule has 1 rings (SSSR count). The molecule has 72 valence electrons. The lowest BCUT2D eigenvalue weighted by molar-refractivity contribution is 0.396. The van der Waals surface area contributed by atoms with Gasteiger partial charge in [-0.05, 0) is 50.4 Å². The Morgan fingerprint density at radius 1 is 1.08 bits per heavy atom. The number of hydrogen-bond donors (Lipinski definition) is 0. The molecule has 0 radical (unpaired) electrons. The van der Waals surface area contributed by atoms with E-state index in [9.17, 15) is 0 Å². The highest BCUT2D eigenvalue weighted by Crippen LogP contribution is 2.41. The monoisotopic (exact) mass is 308 g/mol. The van der Waals surface area contributed by atoms with Crippen molar-refractivity contribution in [3.8, 4) is 11.5 Å². The van der Waals surface area contributed by atoms with Gasteiger partial charge in [0.05, 0.1) is 23.2 Å². The number of ether oxygens (including phenoxy) is 2. The van der Waals surface area contributed by atoms with Crippen molar-refractivity contribution in [2.45, 2.75) is 6.92 Å². The molecule has 0 amide bonds. The minimum atomic E-state index is 0.796. The second-order valence-electron chi connectivity index (χ2n) is 2.56. The van der Waals surface area contributed by atoms with Crippen LogP contribution in [0.2, 0.25) is 0 Å². The van der Waals surface area contributed by atoms with E-state index >= 15 is 0 Å². The van der Waals surface area contributed by atoms with Gasteiger partial charge in [-0.1, -0.05) is 0 Å². The highest BCUT2D eigenvalue weighted by Gasteiger charge is 2.12. The average Bonchev–Trinajstić information content (AvgIpc) is 2.12. The molecule has 0 aliphatic rings. The third-order valence-corrected chi connectivity index (χ3v) is 3.81. The van der Waals surface area contributed by atoms with Crippen LogP contribution >= 0.6 is 31.9 Å². The number of aryl methyl sites for hydroxylation is 1. The summed E-state index contributed by atoms with van der Waals surface area (Å²) in [6, 6.07) is 1.92. The van der Waals surface area contributed by atoms with E-state index in [2.05, 4.69) is 31.9 Å². The van der Waals surface area contributed by atoms with E-state index in [1.807, 2.05) is 13.0 Å². The Balaban J connectivity index is 3.37. The molecular formula is C9H10Br2O2. The van der Waals surface area contributed by atoms with Crippen LogP contribution in [0.5, 0.6) is 11.5 Å². The molecule has 0 spiro atoms. The van der Waals surface area contributed by atoms with Gasteiger partial charge in [-0.3, -0.25) is 0 Å². The minimum Gasteiger partial charge on any atom is -0.496 e. The molecule has 0 heterocycles. The summed E-state index contributed by atoms with van der Waals surface area (Å²) >= 11 is 6.85. The first-order chi connectivity index (χ1) is 6.11. The zero-order chi connectivity index (χ0) is 10.0. The summed E-state index contributed by atoms with van der Waals surface area (Å²) in [5.74, 6) is 1.62. The SMILES string of the molecule is COc1cc(C)c(OC)c(Br)c1Br. The van der Waals surface area contributed by atoms with Crippen LogP contribution in [-0.2, 0) is 0 Å². The van der Waals surface area contributed by atoms with Crippen molar-refractivity contribution in [3.05, 3.63) is 20.6 Å². The summed E-state index contributed by atoms with van der Waals surface area (Å²) in [4.78, 5) is 0. The van der Waals surface area contributed by atoms with Gasteiger partial charge in [0, 0.05) is 0 Å². The average molecular weight is 310 g/mol. The summed E-state index contributed by atoms with van der Waals surface area (Å²) in [5, 5.41) is 0. The van der Waals surface area contributed by atoms with Crippen molar-refractivity contribution in [2.24, 2.45) is 0 Å². The fourth-order valence-corrected chi connectivity index (χ4v) is 2.23. The lowest BCUT2D eigenvalue weighted by atomic mass is 10.2. The van der Waals surface area contributed by atoms with E-state index in [0.717, 1.165) is 26.0 Å². The Labute approximate surface area is 94.5 Å². The van der Waals surface area contributed by atoms with Crippen LogP contribution in [0.4, 0.5) is 0 Å². The topological polar surface area (TPSA) is 18.5 Å². The molecule has 0 fully saturated rings. The first kappa shape index (κ1) is 10.9. The molecule has 2 nitrogen and oxygen atoms in total. The van der Waals surface area contributed by atoms with Crippen LogP contribution in [-0.4, -0.2) is 14.2 Å². The van der Waals surface area contributed by atoms with Crippen molar-refractivity contribution >= 4 is 31.9 Å². The Kier molecular flexibility index (Phi) is 3.62. The number of methoxy groups -OCH3 is 2. The van der Waals surface area contributed by atoms with Crippen molar-refractivity contribution in [3.63, 3.8) is 0 Å². The fourth-order valence-electron chi connectivity index (χ4n) is 1.11. The third kappa shape index (κ3) is 1.99. The summed E-state index contributed by atoms with van der Waals surface area (Å²) in [6.45, 7) is 1.97. The first-order valence-electron chi connectivity index (χ1n) is 3.68. The van der Waals surface area contributed by atoms with Crippen LogP contribution in [0.25, 0.3) is 0 Å². The molecule has 0 saturated carbocycles. The molecule has 0 atom stereocenters. The van der Waals surface area contributed by atoms with Gasteiger partial charge in [-0.15, -0.1) is 0 Å². The molecule has 0 bridgehead atoms. The number of hydrogen-bond acceptors (Lipinski definition) is 2. The van der Waals surface area contributed by atoms with Crippen molar-refractivity contribution in [1.29, 1.82) is 0 Å². The van der Waals surface area contributed by atoms with Gasteiger partial charge in [0.25, 0.3) is 0 Å². The number of halogens is 2. The van der Waals surface area contributed by atoms with Crippen LogP contribution in [0.1, 0.15) is 5.56 Å². The van der Waals surface area contributed by atoms with E-state index in [1.54, 1.807) is 14.2 Å². The number of benzene rings is 1. The highest BCUT2D eigenvalue weighted by molar-refractivity contribution is 9.13. The maximum atomic E-state index is 5.22. The minimum absolute atomic E-state index is 0.796. The zero-order valence-electron chi connectivity index (χ0n) is 7.65. The number of rotatable bonds is 2. The molecule has 0 aromatic heterocycles. The maximum Gasteiger partial charge on any atom is 0.137 e. The fraction of sp³-hybridized carbons (Fsp3) is 0.333. The van der Waals surface area contributed by atoms with Gasteiger partial charge >= 0.3 is 0 Å². The Bertz CT molecular complexity index is 324. The van der Waals surface area contributed by atoms with Crippen molar-refractivity contribution in [1.82, 2.24) is 0 Å². The molecular weight excluding hydrogens is 300 g/mol. The van der Waals surface area contributed by atoms with Gasteiger partial charge in [-0.25, -0.2) is 0 Å². The largest absolute Gasteiger partial charge is 0.496 e. The van der Waals surface area contributed by atoms with E-state index in [1.165, 1.54) is 0 Å². The van der Waals surface area contributed by atoms with E-state index in [4.69, 9.17) is 9.47 Å². The molecule has 0 aliphatic carbocycles. The standard InChI is InChI=1S/C9H10Br2O2/c1-5-4-6(12-2)7(10)8(11)9(5)13-3/h4H,1-3H3. The van der Waals surface area contributed by atoms with Gasteiger partial charge in [-0.2, -0.15) is 0 Å². The second kappa shape index (κ2) is 4.33. The first-order valence-corrected chi connectivity index (χ1v) is 5.27. The molecule has 0 saturated heterocycles. The summed E-state index contributed by atoms with van der Waals surface area (Å²) < 4.78 is 12.2.